The van der Waals surface area contributed by atoms with E-state index in [0.717, 1.165) is 23.4 Å². The molecule has 0 spiro atoms. The molecule has 0 saturated heterocycles. The minimum absolute atomic E-state index is 0.222. The van der Waals surface area contributed by atoms with Gasteiger partial charge in [-0.2, -0.15) is 13.2 Å². The highest BCUT2D eigenvalue weighted by molar-refractivity contribution is 6.30. The zero-order valence-corrected chi connectivity index (χ0v) is 20.4. The lowest BCUT2D eigenvalue weighted by molar-refractivity contribution is -0.114. The van der Waals surface area contributed by atoms with Gasteiger partial charge in [0.05, 0.1) is 16.2 Å². The molecule has 0 aliphatic carbocycles. The number of benzene rings is 1. The van der Waals surface area contributed by atoms with Crippen LogP contribution < -0.4 is 0 Å². The van der Waals surface area contributed by atoms with Crippen molar-refractivity contribution in [2.24, 2.45) is 0 Å². The number of hydrogen-bond donors (Lipinski definition) is 0. The maximum atomic E-state index is 13.6. The van der Waals surface area contributed by atoms with Crippen LogP contribution in [0.4, 0.5) is 13.2 Å². The fraction of sp³-hybridized carbons (Fsp3) is 0.400. The van der Waals surface area contributed by atoms with Crippen molar-refractivity contribution in [3.63, 3.8) is 0 Å². The molecule has 0 fully saturated rings. The Balaban J connectivity index is 2.03. The Labute approximate surface area is 202 Å². The highest BCUT2D eigenvalue weighted by atomic mass is 35.5. The van der Waals surface area contributed by atoms with E-state index < -0.39 is 23.6 Å². The highest BCUT2D eigenvalue weighted by Crippen LogP contribution is 2.36. The largest absolute Gasteiger partial charge is 0.417 e. The second-order valence-corrected chi connectivity index (χ2v) is 10.00. The van der Waals surface area contributed by atoms with Crippen molar-refractivity contribution in [3.8, 4) is 0 Å². The van der Waals surface area contributed by atoms with Gasteiger partial charge in [-0.1, -0.05) is 35.3 Å². The Morgan fingerprint density at radius 1 is 1.06 bits per heavy atom. The number of allylic oxidation sites excluding steroid dienone is 2. The monoisotopic (exact) mass is 498 g/mol. The molecular weight excluding hydrogens is 472 g/mol. The van der Waals surface area contributed by atoms with Gasteiger partial charge in [-0.05, 0) is 75.6 Å². The predicted octanol–water partition coefficient (Wildman–Crippen LogP) is 7.56. The van der Waals surface area contributed by atoms with Crippen LogP contribution in [0.2, 0.25) is 10.0 Å². The first-order valence-corrected chi connectivity index (χ1v) is 11.4. The standard InChI is InChI=1S/C25H27Cl2F3N2O/c1-16(32-15-19(25(28,29)30)7-10-23(32)33-24(2,3)4)22(18-12-21(27)14-31-13-18)11-17-5-8-20(26)9-6-17/h5-10,12-16,22-23H,11H2,1-4H3. The van der Waals surface area contributed by atoms with E-state index >= 15 is 0 Å². The quantitative estimate of drug-likeness (QED) is 0.410. The van der Waals surface area contributed by atoms with Crippen LogP contribution in [0, 0.1) is 0 Å². The summed E-state index contributed by atoms with van der Waals surface area (Å²) in [5.74, 6) is -0.222. The van der Waals surface area contributed by atoms with Crippen molar-refractivity contribution < 1.29 is 17.9 Å². The maximum absolute atomic E-state index is 13.6. The fourth-order valence-electron chi connectivity index (χ4n) is 3.82. The maximum Gasteiger partial charge on any atom is 0.417 e. The molecule has 0 radical (unpaired) electrons. The van der Waals surface area contributed by atoms with Gasteiger partial charge in [0.2, 0.25) is 0 Å². The zero-order chi connectivity index (χ0) is 24.4. The van der Waals surface area contributed by atoms with Crippen LogP contribution in [0.1, 0.15) is 44.7 Å². The molecule has 1 aliphatic heterocycles. The molecule has 1 aliphatic rings. The minimum Gasteiger partial charge on any atom is -0.349 e. The van der Waals surface area contributed by atoms with E-state index in [1.807, 2.05) is 39.8 Å². The average molecular weight is 499 g/mol. The first kappa shape index (κ1) is 25.6. The third kappa shape index (κ3) is 6.98. The van der Waals surface area contributed by atoms with E-state index in [2.05, 4.69) is 4.98 Å². The van der Waals surface area contributed by atoms with Gasteiger partial charge in [-0.25, -0.2) is 0 Å². The summed E-state index contributed by atoms with van der Waals surface area (Å²) in [7, 11) is 0. The molecule has 3 unspecified atom stereocenters. The van der Waals surface area contributed by atoms with Gasteiger partial charge in [0.15, 0.2) is 0 Å². The molecule has 0 amide bonds. The molecule has 0 N–H and O–H groups in total. The lowest BCUT2D eigenvalue weighted by atomic mass is 9.86. The molecule has 3 nitrogen and oxygen atoms in total. The van der Waals surface area contributed by atoms with E-state index in [0.29, 0.717) is 16.5 Å². The molecule has 178 valence electrons. The molecule has 1 aromatic carbocycles. The van der Waals surface area contributed by atoms with Crippen molar-refractivity contribution in [2.75, 3.05) is 0 Å². The van der Waals surface area contributed by atoms with Crippen molar-refractivity contribution >= 4 is 23.2 Å². The summed E-state index contributed by atoms with van der Waals surface area (Å²) >= 11 is 12.2. The number of nitrogens with zero attached hydrogens (tertiary/aromatic N) is 2. The van der Waals surface area contributed by atoms with Gasteiger partial charge in [-0.15, -0.1) is 0 Å². The summed E-state index contributed by atoms with van der Waals surface area (Å²) in [5.41, 5.74) is 0.547. The van der Waals surface area contributed by atoms with Crippen molar-refractivity contribution in [3.05, 3.63) is 87.8 Å². The summed E-state index contributed by atoms with van der Waals surface area (Å²) in [4.78, 5) is 5.84. The first-order chi connectivity index (χ1) is 15.3. The molecule has 1 aromatic heterocycles. The minimum atomic E-state index is -4.47. The van der Waals surface area contributed by atoms with Crippen molar-refractivity contribution in [1.82, 2.24) is 9.88 Å². The first-order valence-electron chi connectivity index (χ1n) is 10.6. The number of hydrogen-bond acceptors (Lipinski definition) is 3. The van der Waals surface area contributed by atoms with Gasteiger partial charge in [0.1, 0.15) is 6.23 Å². The van der Waals surface area contributed by atoms with Crippen LogP contribution in [-0.2, 0) is 11.2 Å². The molecule has 2 heterocycles. The lowest BCUT2D eigenvalue weighted by Crippen LogP contribution is -2.46. The third-order valence-corrected chi connectivity index (χ3v) is 5.86. The van der Waals surface area contributed by atoms with E-state index in [9.17, 15) is 13.2 Å². The highest BCUT2D eigenvalue weighted by Gasteiger charge is 2.38. The summed E-state index contributed by atoms with van der Waals surface area (Å²) in [5, 5.41) is 1.08. The Morgan fingerprint density at radius 2 is 1.73 bits per heavy atom. The molecular formula is C25H27Cl2F3N2O. The average Bonchev–Trinajstić information content (AvgIpc) is 2.71. The summed E-state index contributed by atoms with van der Waals surface area (Å²) in [6.07, 6.45) is 2.35. The van der Waals surface area contributed by atoms with Gasteiger partial charge in [-0.3, -0.25) is 4.98 Å². The third-order valence-electron chi connectivity index (χ3n) is 5.40. The number of rotatable bonds is 6. The van der Waals surface area contributed by atoms with Gasteiger partial charge in [0, 0.05) is 35.6 Å². The van der Waals surface area contributed by atoms with Crippen LogP contribution >= 0.6 is 23.2 Å². The van der Waals surface area contributed by atoms with E-state index in [-0.39, 0.29) is 12.0 Å². The normalized spacial score (nSPS) is 18.8. The van der Waals surface area contributed by atoms with Gasteiger partial charge in [0.25, 0.3) is 0 Å². The van der Waals surface area contributed by atoms with E-state index in [1.54, 1.807) is 29.3 Å². The molecule has 33 heavy (non-hydrogen) atoms. The number of ether oxygens (including phenoxy) is 1. The summed E-state index contributed by atoms with van der Waals surface area (Å²) in [6, 6.07) is 8.85. The number of aromatic nitrogens is 1. The molecule has 0 saturated carbocycles. The van der Waals surface area contributed by atoms with E-state index in [1.165, 1.54) is 12.3 Å². The molecule has 2 aromatic rings. The van der Waals surface area contributed by atoms with Crippen molar-refractivity contribution in [1.29, 1.82) is 0 Å². The van der Waals surface area contributed by atoms with Crippen molar-refractivity contribution in [2.45, 2.75) is 64.1 Å². The second-order valence-electron chi connectivity index (χ2n) is 9.12. The van der Waals surface area contributed by atoms with Crippen LogP contribution in [0.5, 0.6) is 0 Å². The smallest absolute Gasteiger partial charge is 0.349 e. The molecule has 3 rings (SSSR count). The zero-order valence-electron chi connectivity index (χ0n) is 18.9. The summed E-state index contributed by atoms with van der Waals surface area (Å²) < 4.78 is 46.9. The number of pyridine rings is 1. The van der Waals surface area contributed by atoms with Crippen LogP contribution in [-0.4, -0.2) is 33.9 Å². The van der Waals surface area contributed by atoms with E-state index in [4.69, 9.17) is 27.9 Å². The second kappa shape index (κ2) is 10.1. The van der Waals surface area contributed by atoms with Gasteiger partial charge < -0.3 is 9.64 Å². The Bertz CT molecular complexity index is 1010. The van der Waals surface area contributed by atoms with Crippen LogP contribution in [0.25, 0.3) is 0 Å². The van der Waals surface area contributed by atoms with Crippen LogP contribution in [0.3, 0.4) is 0 Å². The Kier molecular flexibility index (Phi) is 7.82. The fourth-order valence-corrected chi connectivity index (χ4v) is 4.13. The molecule has 3 atom stereocenters. The molecule has 0 bridgehead atoms. The number of halogens is 5. The summed E-state index contributed by atoms with van der Waals surface area (Å²) in [6.45, 7) is 7.51. The Hall–Kier alpha value is -2.02. The number of alkyl halides is 3. The van der Waals surface area contributed by atoms with Crippen LogP contribution in [0.15, 0.2) is 66.7 Å². The predicted molar refractivity (Wildman–Crippen MR) is 126 cm³/mol. The SMILES string of the molecule is CC(C(Cc1ccc(Cl)cc1)c1cncc(Cl)c1)N1C=C(C(F)(F)F)C=CC1OC(C)(C)C. The van der Waals surface area contributed by atoms with Gasteiger partial charge >= 0.3 is 6.18 Å². The lowest BCUT2D eigenvalue weighted by Gasteiger charge is -2.42. The topological polar surface area (TPSA) is 25.4 Å². The molecule has 8 heteroatoms. The Morgan fingerprint density at radius 3 is 2.30 bits per heavy atom.